The van der Waals surface area contributed by atoms with E-state index in [1.54, 1.807) is 11.8 Å². The summed E-state index contributed by atoms with van der Waals surface area (Å²) in [4.78, 5) is 13.4. The Morgan fingerprint density at radius 2 is 1.56 bits per heavy atom. The minimum absolute atomic E-state index is 0.186. The predicted molar refractivity (Wildman–Crippen MR) is 78.0 cm³/mol. The molecule has 1 aliphatic carbocycles. The van der Waals surface area contributed by atoms with Crippen molar-refractivity contribution >= 4 is 17.5 Å². The van der Waals surface area contributed by atoms with Gasteiger partial charge in [0, 0.05) is 11.3 Å². The molecule has 1 fully saturated rings. The molecule has 0 heterocycles. The van der Waals surface area contributed by atoms with Gasteiger partial charge in [-0.3, -0.25) is 4.79 Å². The van der Waals surface area contributed by atoms with Gasteiger partial charge in [-0.15, -0.1) is 11.8 Å². The highest BCUT2D eigenvalue weighted by Gasteiger charge is 2.19. The van der Waals surface area contributed by atoms with E-state index >= 15 is 0 Å². The molecule has 1 unspecified atom stereocenters. The molecule has 0 saturated heterocycles. The summed E-state index contributed by atoms with van der Waals surface area (Å²) in [6.45, 7) is 0. The first-order valence-electron chi connectivity index (χ1n) is 7.11. The maximum Gasteiger partial charge on any atom is 0.146 e. The van der Waals surface area contributed by atoms with Crippen LogP contribution < -0.4 is 0 Å². The summed E-state index contributed by atoms with van der Waals surface area (Å²) < 4.78 is 0. The second kappa shape index (κ2) is 7.63. The lowest BCUT2D eigenvalue weighted by molar-refractivity contribution is -0.118. The van der Waals surface area contributed by atoms with Crippen molar-refractivity contribution in [1.82, 2.24) is 0 Å². The third kappa shape index (κ3) is 4.49. The molecule has 0 aromatic heterocycles. The zero-order valence-electron chi connectivity index (χ0n) is 10.9. The summed E-state index contributed by atoms with van der Waals surface area (Å²) in [5.41, 5.74) is 0. The van der Waals surface area contributed by atoms with E-state index in [4.69, 9.17) is 0 Å². The first-order valence-corrected chi connectivity index (χ1v) is 7.98. The molecule has 1 aromatic carbocycles. The molecular formula is C16H22OS. The van der Waals surface area contributed by atoms with Crippen LogP contribution in [0.2, 0.25) is 0 Å². The van der Waals surface area contributed by atoms with Gasteiger partial charge in [-0.05, 0) is 25.0 Å². The van der Waals surface area contributed by atoms with Gasteiger partial charge in [0.25, 0.3) is 0 Å². The molecule has 1 aromatic rings. The molecule has 2 rings (SSSR count). The minimum Gasteiger partial charge on any atom is -0.298 e. The summed E-state index contributed by atoms with van der Waals surface area (Å²) in [5, 5.41) is 0.186. The minimum atomic E-state index is 0.186. The fourth-order valence-electron chi connectivity index (χ4n) is 2.45. The van der Waals surface area contributed by atoms with Gasteiger partial charge in [-0.2, -0.15) is 0 Å². The molecule has 98 valence electrons. The van der Waals surface area contributed by atoms with Gasteiger partial charge >= 0.3 is 0 Å². The highest BCUT2D eigenvalue weighted by atomic mass is 32.2. The van der Waals surface area contributed by atoms with Gasteiger partial charge in [0.1, 0.15) is 5.78 Å². The van der Waals surface area contributed by atoms with Crippen LogP contribution in [0.15, 0.2) is 35.2 Å². The average molecular weight is 262 g/mol. The van der Waals surface area contributed by atoms with Crippen LogP contribution in [0.3, 0.4) is 0 Å². The molecule has 1 saturated carbocycles. The molecule has 1 aliphatic rings. The van der Waals surface area contributed by atoms with Gasteiger partial charge < -0.3 is 0 Å². The largest absolute Gasteiger partial charge is 0.298 e. The van der Waals surface area contributed by atoms with Crippen molar-refractivity contribution in [3.05, 3.63) is 30.3 Å². The van der Waals surface area contributed by atoms with Crippen LogP contribution in [0, 0.1) is 0 Å². The number of Topliss-reactive ketones (excluding diaryl/α,β-unsaturated/α-hetero) is 1. The van der Waals surface area contributed by atoms with E-state index in [0.717, 1.165) is 19.3 Å². The Hall–Kier alpha value is -0.760. The average Bonchev–Trinajstić information content (AvgIpc) is 2.41. The Bertz CT molecular complexity index is 361. The number of thioether (sulfide) groups is 1. The number of benzene rings is 1. The zero-order valence-corrected chi connectivity index (χ0v) is 11.8. The van der Waals surface area contributed by atoms with Gasteiger partial charge in [0.2, 0.25) is 0 Å². The van der Waals surface area contributed by atoms with Crippen molar-refractivity contribution in [1.29, 1.82) is 0 Å². The molecule has 1 nitrogen and oxygen atoms in total. The number of hydrogen-bond donors (Lipinski definition) is 0. The number of hydrogen-bond acceptors (Lipinski definition) is 2. The van der Waals surface area contributed by atoms with Crippen molar-refractivity contribution in [3.8, 4) is 0 Å². The maximum absolute atomic E-state index is 12.2. The third-order valence-electron chi connectivity index (χ3n) is 3.52. The van der Waals surface area contributed by atoms with E-state index in [-0.39, 0.29) is 5.25 Å². The molecule has 2 heteroatoms. The number of carbonyl (C=O) groups excluding carboxylic acids is 1. The van der Waals surface area contributed by atoms with Gasteiger partial charge in [-0.1, -0.05) is 50.3 Å². The van der Waals surface area contributed by atoms with Gasteiger partial charge in [0.05, 0.1) is 5.25 Å². The SMILES string of the molecule is O=C1CCCCCCCCC1Sc1ccccc1. The predicted octanol–water partition coefficient (Wildman–Crippen LogP) is 4.85. The van der Waals surface area contributed by atoms with Crippen LogP contribution in [-0.4, -0.2) is 11.0 Å². The van der Waals surface area contributed by atoms with Crippen molar-refractivity contribution in [2.24, 2.45) is 0 Å². The van der Waals surface area contributed by atoms with E-state index in [1.807, 2.05) is 18.2 Å². The molecule has 0 aliphatic heterocycles. The fourth-order valence-corrected chi connectivity index (χ4v) is 3.62. The number of carbonyl (C=O) groups is 1. The number of rotatable bonds is 2. The van der Waals surface area contributed by atoms with E-state index in [1.165, 1.54) is 37.0 Å². The molecule has 1 atom stereocenters. The first kappa shape index (κ1) is 13.7. The topological polar surface area (TPSA) is 17.1 Å². The van der Waals surface area contributed by atoms with Crippen LogP contribution in [0.25, 0.3) is 0 Å². The summed E-state index contributed by atoms with van der Waals surface area (Å²) in [6, 6.07) is 10.3. The lowest BCUT2D eigenvalue weighted by atomic mass is 10.00. The smallest absolute Gasteiger partial charge is 0.146 e. The molecule has 0 N–H and O–H groups in total. The second-order valence-electron chi connectivity index (χ2n) is 5.05. The fraction of sp³-hybridized carbons (Fsp3) is 0.562. The van der Waals surface area contributed by atoms with Crippen LogP contribution in [0.4, 0.5) is 0 Å². The van der Waals surface area contributed by atoms with Crippen molar-refractivity contribution < 1.29 is 4.79 Å². The lowest BCUT2D eigenvalue weighted by Gasteiger charge is -2.17. The van der Waals surface area contributed by atoms with E-state index in [0.29, 0.717) is 5.78 Å². The van der Waals surface area contributed by atoms with Crippen LogP contribution in [0.5, 0.6) is 0 Å². The normalized spacial score (nSPS) is 22.7. The van der Waals surface area contributed by atoms with E-state index < -0.39 is 0 Å². The lowest BCUT2D eigenvalue weighted by Crippen LogP contribution is -2.17. The first-order chi connectivity index (χ1) is 8.86. The van der Waals surface area contributed by atoms with Crippen LogP contribution >= 0.6 is 11.8 Å². The zero-order chi connectivity index (χ0) is 12.6. The number of ketones is 1. The van der Waals surface area contributed by atoms with Gasteiger partial charge in [0.15, 0.2) is 0 Å². The van der Waals surface area contributed by atoms with E-state index in [2.05, 4.69) is 12.1 Å². The highest BCUT2D eigenvalue weighted by molar-refractivity contribution is 8.00. The van der Waals surface area contributed by atoms with Crippen molar-refractivity contribution in [3.63, 3.8) is 0 Å². The molecule has 18 heavy (non-hydrogen) atoms. The molecule has 0 radical (unpaired) electrons. The second-order valence-corrected chi connectivity index (χ2v) is 6.32. The highest BCUT2D eigenvalue weighted by Crippen LogP contribution is 2.29. The van der Waals surface area contributed by atoms with Crippen molar-refractivity contribution in [2.45, 2.75) is 61.5 Å². The Kier molecular flexibility index (Phi) is 5.79. The van der Waals surface area contributed by atoms with Gasteiger partial charge in [-0.25, -0.2) is 0 Å². The summed E-state index contributed by atoms with van der Waals surface area (Å²) in [6.07, 6.45) is 9.30. The quantitative estimate of drug-likeness (QED) is 0.757. The van der Waals surface area contributed by atoms with E-state index in [9.17, 15) is 4.79 Å². The Morgan fingerprint density at radius 1 is 0.889 bits per heavy atom. The maximum atomic E-state index is 12.2. The summed E-state index contributed by atoms with van der Waals surface area (Å²) in [5.74, 6) is 0.464. The summed E-state index contributed by atoms with van der Waals surface area (Å²) >= 11 is 1.76. The Balaban J connectivity index is 1.95. The van der Waals surface area contributed by atoms with Crippen molar-refractivity contribution in [2.75, 3.05) is 0 Å². The molecule has 0 spiro atoms. The molecular weight excluding hydrogens is 240 g/mol. The Labute approximate surface area is 114 Å². The summed E-state index contributed by atoms with van der Waals surface area (Å²) in [7, 11) is 0. The van der Waals surface area contributed by atoms with Crippen LogP contribution in [-0.2, 0) is 4.79 Å². The monoisotopic (exact) mass is 262 g/mol. The Morgan fingerprint density at radius 3 is 2.33 bits per heavy atom. The third-order valence-corrected chi connectivity index (χ3v) is 4.85. The molecule has 0 amide bonds. The molecule has 0 bridgehead atoms. The van der Waals surface area contributed by atoms with Crippen LogP contribution in [0.1, 0.15) is 51.4 Å². The standard InChI is InChI=1S/C16H22OS/c17-15-12-8-3-1-2-4-9-13-16(15)18-14-10-6-5-7-11-14/h5-7,10-11,16H,1-4,8-9,12-13H2.